The molecule has 0 unspecified atom stereocenters. The first kappa shape index (κ1) is 15.6. The van der Waals surface area contributed by atoms with Gasteiger partial charge in [0.25, 0.3) is 10.0 Å². The van der Waals surface area contributed by atoms with Gasteiger partial charge in [-0.1, -0.05) is 32.9 Å². The Morgan fingerprint density at radius 2 is 1.86 bits per heavy atom. The minimum atomic E-state index is -3.64. The third kappa shape index (κ3) is 3.44. The van der Waals surface area contributed by atoms with Gasteiger partial charge >= 0.3 is 0 Å². The Bertz CT molecular complexity index is 755. The van der Waals surface area contributed by atoms with Gasteiger partial charge in [0, 0.05) is 19.3 Å². The Labute approximate surface area is 126 Å². The maximum Gasteiger partial charge on any atom is 0.263 e. The van der Waals surface area contributed by atoms with Crippen LogP contribution in [0.3, 0.4) is 0 Å². The van der Waals surface area contributed by atoms with Crippen LogP contribution >= 0.6 is 0 Å². The van der Waals surface area contributed by atoms with Gasteiger partial charge in [0.1, 0.15) is 0 Å². The summed E-state index contributed by atoms with van der Waals surface area (Å²) in [6, 6.07) is 7.17. The molecule has 0 aliphatic heterocycles. The molecule has 6 heteroatoms. The summed E-state index contributed by atoms with van der Waals surface area (Å²) in [6.45, 7) is 7.96. The van der Waals surface area contributed by atoms with E-state index in [4.69, 9.17) is 0 Å². The summed E-state index contributed by atoms with van der Waals surface area (Å²) in [6.07, 6.45) is 1.69. The third-order valence-corrected chi connectivity index (χ3v) is 4.79. The molecule has 2 rings (SSSR count). The van der Waals surface area contributed by atoms with E-state index in [-0.39, 0.29) is 5.41 Å². The lowest BCUT2D eigenvalue weighted by Gasteiger charge is -2.20. The van der Waals surface area contributed by atoms with Crippen molar-refractivity contribution in [2.75, 3.05) is 4.72 Å². The number of rotatable bonds is 3. The Kier molecular flexibility index (Phi) is 3.84. The molecule has 114 valence electrons. The fourth-order valence-electron chi connectivity index (χ4n) is 2.02. The number of aryl methyl sites for hydroxylation is 2. The highest BCUT2D eigenvalue weighted by atomic mass is 32.2. The highest BCUT2D eigenvalue weighted by Crippen LogP contribution is 2.27. The van der Waals surface area contributed by atoms with Crippen LogP contribution in [-0.2, 0) is 22.5 Å². The second kappa shape index (κ2) is 5.18. The van der Waals surface area contributed by atoms with Crippen LogP contribution in [0.15, 0.2) is 35.4 Å². The molecular formula is C15H21N3O2S. The third-order valence-electron chi connectivity index (χ3n) is 3.30. The van der Waals surface area contributed by atoms with Crippen LogP contribution in [0.4, 0.5) is 5.82 Å². The van der Waals surface area contributed by atoms with E-state index < -0.39 is 10.0 Å². The molecule has 0 aliphatic rings. The van der Waals surface area contributed by atoms with Crippen LogP contribution in [0.5, 0.6) is 0 Å². The largest absolute Gasteiger partial charge is 0.274 e. The molecule has 2 aromatic rings. The zero-order valence-corrected chi connectivity index (χ0v) is 13.8. The van der Waals surface area contributed by atoms with Crippen molar-refractivity contribution in [3.8, 4) is 0 Å². The van der Waals surface area contributed by atoms with Crippen molar-refractivity contribution in [1.82, 2.24) is 9.78 Å². The van der Waals surface area contributed by atoms with Crippen molar-refractivity contribution in [3.63, 3.8) is 0 Å². The first-order valence-corrected chi connectivity index (χ1v) is 8.21. The van der Waals surface area contributed by atoms with Crippen LogP contribution in [0, 0.1) is 6.92 Å². The molecule has 1 aromatic carbocycles. The molecule has 0 amide bonds. The topological polar surface area (TPSA) is 64.0 Å². The summed E-state index contributed by atoms with van der Waals surface area (Å²) in [5, 5.41) is 4.05. The maximum atomic E-state index is 12.6. The van der Waals surface area contributed by atoms with Gasteiger partial charge in [0.15, 0.2) is 5.82 Å². The first-order chi connectivity index (χ1) is 9.59. The van der Waals surface area contributed by atoms with Gasteiger partial charge < -0.3 is 0 Å². The lowest BCUT2D eigenvalue weighted by atomic mass is 9.87. The van der Waals surface area contributed by atoms with Crippen LogP contribution in [0.25, 0.3) is 0 Å². The van der Waals surface area contributed by atoms with E-state index in [2.05, 4.69) is 30.6 Å². The van der Waals surface area contributed by atoms with Gasteiger partial charge in [-0.05, 0) is 29.5 Å². The van der Waals surface area contributed by atoms with Crippen molar-refractivity contribution in [1.29, 1.82) is 0 Å². The second-order valence-corrected chi connectivity index (χ2v) is 7.86. The number of anilines is 1. The normalized spacial score (nSPS) is 12.4. The molecule has 0 saturated heterocycles. The maximum absolute atomic E-state index is 12.6. The van der Waals surface area contributed by atoms with Gasteiger partial charge in [-0.15, -0.1) is 0 Å². The lowest BCUT2D eigenvalue weighted by molar-refractivity contribution is 0.584. The summed E-state index contributed by atoms with van der Waals surface area (Å²) >= 11 is 0. The molecular weight excluding hydrogens is 286 g/mol. The van der Waals surface area contributed by atoms with E-state index in [0.29, 0.717) is 16.3 Å². The fourth-order valence-corrected chi connectivity index (χ4v) is 3.29. The van der Waals surface area contributed by atoms with Gasteiger partial charge in [-0.3, -0.25) is 9.40 Å². The van der Waals surface area contributed by atoms with Crippen molar-refractivity contribution in [3.05, 3.63) is 41.6 Å². The molecule has 0 fully saturated rings. The molecule has 0 atom stereocenters. The number of hydrogen-bond acceptors (Lipinski definition) is 3. The zero-order chi connectivity index (χ0) is 15.8. The van der Waals surface area contributed by atoms with Crippen LogP contribution in [0.1, 0.15) is 31.9 Å². The smallest absolute Gasteiger partial charge is 0.263 e. The van der Waals surface area contributed by atoms with E-state index in [0.717, 1.165) is 5.56 Å². The average molecular weight is 307 g/mol. The minimum Gasteiger partial charge on any atom is -0.274 e. The standard InChI is InChI=1S/C15H21N3O2S/c1-11-6-7-12(15(2,3)4)10-13(11)21(19,20)17-14-8-9-18(5)16-14/h6-10H,1-5H3,(H,16,17). The highest BCUT2D eigenvalue weighted by Gasteiger charge is 2.22. The molecule has 0 saturated carbocycles. The highest BCUT2D eigenvalue weighted by molar-refractivity contribution is 7.92. The van der Waals surface area contributed by atoms with E-state index in [1.807, 2.05) is 12.1 Å². The quantitative estimate of drug-likeness (QED) is 0.948. The van der Waals surface area contributed by atoms with E-state index in [9.17, 15) is 8.42 Å². The number of aromatic nitrogens is 2. The van der Waals surface area contributed by atoms with Gasteiger partial charge in [0.2, 0.25) is 0 Å². The number of sulfonamides is 1. The number of nitrogens with one attached hydrogen (secondary N) is 1. The molecule has 5 nitrogen and oxygen atoms in total. The van der Waals surface area contributed by atoms with Crippen molar-refractivity contribution < 1.29 is 8.42 Å². The van der Waals surface area contributed by atoms with Crippen molar-refractivity contribution in [2.45, 2.75) is 38.0 Å². The van der Waals surface area contributed by atoms with E-state index in [1.165, 1.54) is 0 Å². The number of benzene rings is 1. The van der Waals surface area contributed by atoms with Gasteiger partial charge in [-0.25, -0.2) is 8.42 Å². The first-order valence-electron chi connectivity index (χ1n) is 6.73. The molecule has 0 aliphatic carbocycles. The van der Waals surface area contributed by atoms with Crippen LogP contribution in [0.2, 0.25) is 0 Å². The molecule has 1 aromatic heterocycles. The Balaban J connectivity index is 2.44. The number of nitrogens with zero attached hydrogens (tertiary/aromatic N) is 2. The zero-order valence-electron chi connectivity index (χ0n) is 13.0. The SMILES string of the molecule is Cc1ccc(C(C)(C)C)cc1S(=O)(=O)Nc1ccn(C)n1. The van der Waals surface area contributed by atoms with Crippen molar-refractivity contribution >= 4 is 15.8 Å². The molecule has 0 radical (unpaired) electrons. The molecule has 1 N–H and O–H groups in total. The lowest BCUT2D eigenvalue weighted by Crippen LogP contribution is -2.17. The number of hydrogen-bond donors (Lipinski definition) is 1. The second-order valence-electron chi connectivity index (χ2n) is 6.21. The summed E-state index contributed by atoms with van der Waals surface area (Å²) < 4.78 is 29.2. The summed E-state index contributed by atoms with van der Waals surface area (Å²) in [7, 11) is -1.90. The van der Waals surface area contributed by atoms with Crippen molar-refractivity contribution in [2.24, 2.45) is 7.05 Å². The Hall–Kier alpha value is -1.82. The fraction of sp³-hybridized carbons (Fsp3) is 0.400. The van der Waals surface area contributed by atoms with E-state index in [1.54, 1.807) is 37.0 Å². The Morgan fingerprint density at radius 1 is 1.19 bits per heavy atom. The summed E-state index contributed by atoms with van der Waals surface area (Å²) in [4.78, 5) is 0.292. The Morgan fingerprint density at radius 3 is 2.38 bits per heavy atom. The molecule has 21 heavy (non-hydrogen) atoms. The van der Waals surface area contributed by atoms with Gasteiger partial charge in [-0.2, -0.15) is 5.10 Å². The summed E-state index contributed by atoms with van der Waals surface area (Å²) in [5.41, 5.74) is 1.59. The summed E-state index contributed by atoms with van der Waals surface area (Å²) in [5.74, 6) is 0.318. The average Bonchev–Trinajstić information content (AvgIpc) is 2.72. The minimum absolute atomic E-state index is 0.108. The van der Waals surface area contributed by atoms with Gasteiger partial charge in [0.05, 0.1) is 4.90 Å². The molecule has 0 bridgehead atoms. The molecule has 0 spiro atoms. The van der Waals surface area contributed by atoms with E-state index >= 15 is 0 Å². The van der Waals surface area contributed by atoms with Crippen LogP contribution in [-0.4, -0.2) is 18.2 Å². The predicted octanol–water partition coefficient (Wildman–Crippen LogP) is 2.83. The van der Waals surface area contributed by atoms with Crippen LogP contribution < -0.4 is 4.72 Å². The monoisotopic (exact) mass is 307 g/mol. The predicted molar refractivity (Wildman–Crippen MR) is 83.9 cm³/mol. The molecule has 1 heterocycles.